The number of rotatable bonds is 20. The van der Waals surface area contributed by atoms with Crippen molar-refractivity contribution < 1.29 is 52.5 Å². The topological polar surface area (TPSA) is 230 Å². The number of para-hydroxylation sites is 1. The number of hydrogen-bond donors (Lipinski definition) is 3. The van der Waals surface area contributed by atoms with E-state index >= 15 is 0 Å². The highest BCUT2D eigenvalue weighted by molar-refractivity contribution is 6.26. The first-order chi connectivity index (χ1) is 30.6. The average molecular weight is 865 g/mol. The zero-order valence-corrected chi connectivity index (χ0v) is 34.8. The second kappa shape index (κ2) is 20.9. The number of Topliss-reactive ketones (excluding diaryl/α,β-unsaturated/α-hetero) is 1. The Morgan fingerprint density at radius 2 is 1.43 bits per heavy atom. The summed E-state index contributed by atoms with van der Waals surface area (Å²) >= 11 is 0. The van der Waals surface area contributed by atoms with Crippen molar-refractivity contribution in [3.05, 3.63) is 83.4 Å². The molecule has 63 heavy (non-hydrogen) atoms. The Balaban J connectivity index is 0.770. The largest absolute Gasteiger partial charge is 0.377 e. The SMILES string of the molecule is CC(=O)CCC(=O)N1Cc2ccccc2-c2nnn(CCOCCOCCOCCOCCNC(=O)Nc3cccc4c3C(=O)N(C3CCC(=O)NC3=O)C4=O)c2-c2ccccc21. The molecule has 1 aromatic heterocycles. The maximum atomic E-state index is 13.5. The van der Waals surface area contributed by atoms with E-state index in [1.165, 1.54) is 25.1 Å². The van der Waals surface area contributed by atoms with Gasteiger partial charge in [-0.05, 0) is 37.1 Å². The lowest BCUT2D eigenvalue weighted by molar-refractivity contribution is -0.136. The number of anilines is 2. The van der Waals surface area contributed by atoms with Gasteiger partial charge in [-0.25, -0.2) is 9.48 Å². The smallest absolute Gasteiger partial charge is 0.319 e. The minimum atomic E-state index is -1.11. The number of nitrogens with zero attached hydrogens (tertiary/aromatic N) is 5. The molecule has 0 bridgehead atoms. The molecule has 7 rings (SSSR count). The third kappa shape index (κ3) is 10.5. The number of carbonyl (C=O) groups excluding carboxylic acids is 7. The summed E-state index contributed by atoms with van der Waals surface area (Å²) in [4.78, 5) is 90.5. The van der Waals surface area contributed by atoms with Gasteiger partial charge in [0, 0.05) is 36.9 Å². The number of piperidine rings is 1. The molecule has 3 aliphatic heterocycles. The number of fused-ring (bicyclic) bond motifs is 6. The first-order valence-corrected chi connectivity index (χ1v) is 20.7. The summed E-state index contributed by atoms with van der Waals surface area (Å²) in [7, 11) is 0. The third-order valence-electron chi connectivity index (χ3n) is 10.6. The van der Waals surface area contributed by atoms with Crippen LogP contribution < -0.4 is 20.9 Å². The molecular formula is C44H48N8O11. The van der Waals surface area contributed by atoms with Crippen molar-refractivity contribution in [3.8, 4) is 22.5 Å². The van der Waals surface area contributed by atoms with E-state index < -0.39 is 35.7 Å². The number of ketones is 1. The summed E-state index contributed by atoms with van der Waals surface area (Å²) in [6, 6.07) is 18.2. The summed E-state index contributed by atoms with van der Waals surface area (Å²) in [5.41, 5.74) is 4.99. The second-order valence-electron chi connectivity index (χ2n) is 14.9. The Hall–Kier alpha value is -6.67. The van der Waals surface area contributed by atoms with Gasteiger partial charge in [0.1, 0.15) is 17.5 Å². The van der Waals surface area contributed by atoms with Gasteiger partial charge in [0.05, 0.1) is 94.1 Å². The van der Waals surface area contributed by atoms with Gasteiger partial charge >= 0.3 is 6.03 Å². The summed E-state index contributed by atoms with van der Waals surface area (Å²) < 4.78 is 24.4. The Kier molecular flexibility index (Phi) is 14.7. The first-order valence-electron chi connectivity index (χ1n) is 20.7. The molecule has 0 radical (unpaired) electrons. The van der Waals surface area contributed by atoms with Gasteiger partial charge in [0.15, 0.2) is 0 Å². The average Bonchev–Trinajstić information content (AvgIpc) is 3.80. The predicted octanol–water partition coefficient (Wildman–Crippen LogP) is 3.12. The van der Waals surface area contributed by atoms with E-state index in [1.54, 1.807) is 9.58 Å². The number of nitrogens with one attached hydrogen (secondary N) is 3. The Labute approximate surface area is 362 Å². The molecule has 19 heteroatoms. The van der Waals surface area contributed by atoms with E-state index in [0.717, 1.165) is 38.7 Å². The molecule has 1 fully saturated rings. The maximum Gasteiger partial charge on any atom is 0.319 e. The second-order valence-corrected chi connectivity index (χ2v) is 14.9. The highest BCUT2D eigenvalue weighted by atomic mass is 16.6. The zero-order chi connectivity index (χ0) is 44.3. The van der Waals surface area contributed by atoms with E-state index in [-0.39, 0.29) is 73.9 Å². The summed E-state index contributed by atoms with van der Waals surface area (Å²) in [5, 5.41) is 16.4. The van der Waals surface area contributed by atoms with Crippen molar-refractivity contribution in [3.63, 3.8) is 0 Å². The number of urea groups is 1. The molecule has 4 heterocycles. The molecule has 3 aromatic carbocycles. The van der Waals surface area contributed by atoms with Gasteiger partial charge in [-0.3, -0.25) is 34.2 Å². The molecule has 1 saturated heterocycles. The van der Waals surface area contributed by atoms with Gasteiger partial charge in [-0.15, -0.1) is 5.10 Å². The molecule has 330 valence electrons. The van der Waals surface area contributed by atoms with E-state index in [0.29, 0.717) is 52.7 Å². The highest BCUT2D eigenvalue weighted by Gasteiger charge is 2.45. The lowest BCUT2D eigenvalue weighted by Crippen LogP contribution is -2.54. The fourth-order valence-electron chi connectivity index (χ4n) is 7.55. The van der Waals surface area contributed by atoms with Crippen molar-refractivity contribution in [2.24, 2.45) is 0 Å². The van der Waals surface area contributed by atoms with Gasteiger partial charge in [0.2, 0.25) is 17.7 Å². The van der Waals surface area contributed by atoms with E-state index in [2.05, 4.69) is 26.3 Å². The third-order valence-corrected chi connectivity index (χ3v) is 10.6. The van der Waals surface area contributed by atoms with Crippen molar-refractivity contribution in [2.75, 3.05) is 69.6 Å². The van der Waals surface area contributed by atoms with Crippen LogP contribution in [0, 0.1) is 0 Å². The molecule has 1 atom stereocenters. The molecule has 3 aliphatic rings. The van der Waals surface area contributed by atoms with E-state index in [4.69, 9.17) is 18.9 Å². The molecule has 0 saturated carbocycles. The van der Waals surface area contributed by atoms with Crippen LogP contribution in [0.5, 0.6) is 0 Å². The molecule has 19 nitrogen and oxygen atoms in total. The van der Waals surface area contributed by atoms with Crippen molar-refractivity contribution >= 4 is 52.7 Å². The summed E-state index contributed by atoms with van der Waals surface area (Å²) in [6.45, 7) is 4.90. The number of amides is 7. The van der Waals surface area contributed by atoms with Crippen molar-refractivity contribution in [2.45, 2.75) is 51.7 Å². The number of hydrogen-bond acceptors (Lipinski definition) is 13. The molecule has 4 aromatic rings. The van der Waals surface area contributed by atoms with Crippen LogP contribution in [-0.4, -0.2) is 127 Å². The summed E-state index contributed by atoms with van der Waals surface area (Å²) in [6.07, 6.45) is 0.317. The minimum absolute atomic E-state index is 0.000724. The Morgan fingerprint density at radius 3 is 2.16 bits per heavy atom. The van der Waals surface area contributed by atoms with Crippen molar-refractivity contribution in [1.29, 1.82) is 0 Å². The number of carbonyl (C=O) groups is 7. The van der Waals surface area contributed by atoms with E-state index in [1.807, 2.05) is 48.5 Å². The van der Waals surface area contributed by atoms with Crippen LogP contribution in [0.2, 0.25) is 0 Å². The highest BCUT2D eigenvalue weighted by Crippen LogP contribution is 2.41. The molecule has 1 unspecified atom stereocenters. The standard InChI is InChI=1S/C44H48N8O11/c1-28(53)13-16-37(55)50-27-29-7-2-3-8-30(29)39-40(31-9-4-5-12-34(31)50)51(49-48-39)18-20-61-22-24-63-26-25-62-23-21-60-19-17-45-44(59)46-33-11-6-10-32-38(33)43(58)52(42(32)57)35-14-15-36(54)47-41(35)56/h2-12,35H,13-27H2,1H3,(H2,45,46,59)(H,47,54,56). The molecule has 0 aliphatic carbocycles. The normalized spacial score (nSPS) is 15.5. The van der Waals surface area contributed by atoms with Gasteiger partial charge in [-0.2, -0.15) is 0 Å². The van der Waals surface area contributed by atoms with Gasteiger partial charge < -0.3 is 39.3 Å². The zero-order valence-electron chi connectivity index (χ0n) is 34.8. The quantitative estimate of drug-likeness (QED) is 0.0858. The van der Waals surface area contributed by atoms with Crippen LogP contribution in [0.3, 0.4) is 0 Å². The van der Waals surface area contributed by atoms with Crippen LogP contribution in [0.1, 0.15) is 58.9 Å². The lowest BCUT2D eigenvalue weighted by Gasteiger charge is -2.28. The monoisotopic (exact) mass is 864 g/mol. The van der Waals surface area contributed by atoms with E-state index in [9.17, 15) is 33.6 Å². The lowest BCUT2D eigenvalue weighted by atomic mass is 9.95. The van der Waals surface area contributed by atoms with Gasteiger partial charge in [0.25, 0.3) is 11.8 Å². The number of imide groups is 2. The van der Waals surface area contributed by atoms with Crippen LogP contribution >= 0.6 is 0 Å². The Morgan fingerprint density at radius 1 is 0.762 bits per heavy atom. The Bertz CT molecular complexity index is 2380. The van der Waals surface area contributed by atoms with Crippen LogP contribution in [0.25, 0.3) is 22.5 Å². The first kappa shape index (κ1) is 44.4. The van der Waals surface area contributed by atoms with Crippen molar-refractivity contribution in [1.82, 2.24) is 30.5 Å². The maximum absolute atomic E-state index is 13.5. The fourth-order valence-corrected chi connectivity index (χ4v) is 7.55. The number of aromatic nitrogens is 3. The van der Waals surface area contributed by atoms with Crippen LogP contribution in [-0.2, 0) is 51.2 Å². The van der Waals surface area contributed by atoms with Crippen LogP contribution in [0.15, 0.2) is 66.7 Å². The minimum Gasteiger partial charge on any atom is -0.377 e. The van der Waals surface area contributed by atoms with Crippen LogP contribution in [0.4, 0.5) is 16.2 Å². The number of benzene rings is 3. The summed E-state index contributed by atoms with van der Waals surface area (Å²) in [5.74, 6) is -2.75. The molecular weight excluding hydrogens is 817 g/mol. The molecule has 0 spiro atoms. The number of ether oxygens (including phenoxy) is 4. The molecule has 3 N–H and O–H groups in total. The molecule has 7 amide bonds. The predicted molar refractivity (Wildman–Crippen MR) is 225 cm³/mol. The fraction of sp³-hybridized carbons (Fsp3) is 0.386. The van der Waals surface area contributed by atoms with Gasteiger partial charge in [-0.1, -0.05) is 53.7 Å².